The number of hydrogen-bond acceptors (Lipinski definition) is 4. The zero-order chi connectivity index (χ0) is 8.84. The Morgan fingerprint density at radius 1 is 1.38 bits per heavy atom. The SMILES string of the molecule is O=C1CNCc2nc(C3CC3)oc21. The summed E-state index contributed by atoms with van der Waals surface area (Å²) in [5.41, 5.74) is 0.790. The molecular formula is C9H10N2O2. The maximum absolute atomic E-state index is 11.3. The van der Waals surface area contributed by atoms with Crippen molar-refractivity contribution in [3.8, 4) is 0 Å². The molecule has 2 aliphatic rings. The second kappa shape index (κ2) is 2.42. The highest BCUT2D eigenvalue weighted by Gasteiger charge is 2.32. The first-order valence-corrected chi connectivity index (χ1v) is 4.58. The van der Waals surface area contributed by atoms with Crippen LogP contribution in [0.5, 0.6) is 0 Å². The van der Waals surface area contributed by atoms with Crippen LogP contribution in [0.2, 0.25) is 0 Å². The average molecular weight is 178 g/mol. The number of Topliss-reactive ketones (excluding diaryl/α,β-unsaturated/α-hetero) is 1. The molecule has 0 spiro atoms. The lowest BCUT2D eigenvalue weighted by atomic mass is 10.2. The molecule has 1 saturated carbocycles. The highest BCUT2D eigenvalue weighted by Crippen LogP contribution is 2.40. The van der Waals surface area contributed by atoms with Gasteiger partial charge in [-0.05, 0) is 12.8 Å². The van der Waals surface area contributed by atoms with Crippen molar-refractivity contribution < 1.29 is 9.21 Å². The Hall–Kier alpha value is -1.16. The van der Waals surface area contributed by atoms with E-state index in [1.165, 1.54) is 0 Å². The lowest BCUT2D eigenvalue weighted by molar-refractivity contribution is 0.0952. The van der Waals surface area contributed by atoms with Crippen LogP contribution in [0.3, 0.4) is 0 Å². The predicted octanol–water partition coefficient (Wildman–Crippen LogP) is 0.838. The quantitative estimate of drug-likeness (QED) is 0.692. The fourth-order valence-electron chi connectivity index (χ4n) is 1.59. The van der Waals surface area contributed by atoms with Gasteiger partial charge in [0.25, 0.3) is 0 Å². The first-order chi connectivity index (χ1) is 6.34. The fourth-order valence-corrected chi connectivity index (χ4v) is 1.59. The van der Waals surface area contributed by atoms with Crippen molar-refractivity contribution in [2.45, 2.75) is 25.3 Å². The molecule has 0 radical (unpaired) electrons. The number of aromatic nitrogens is 1. The molecular weight excluding hydrogens is 168 g/mol. The molecule has 0 bridgehead atoms. The van der Waals surface area contributed by atoms with Crippen LogP contribution in [0.25, 0.3) is 0 Å². The monoisotopic (exact) mass is 178 g/mol. The molecule has 1 aromatic heterocycles. The summed E-state index contributed by atoms with van der Waals surface area (Å²) in [6, 6.07) is 0. The van der Waals surface area contributed by atoms with Crippen molar-refractivity contribution in [3.63, 3.8) is 0 Å². The number of carbonyl (C=O) groups excluding carboxylic acids is 1. The summed E-state index contributed by atoms with van der Waals surface area (Å²) in [4.78, 5) is 15.7. The largest absolute Gasteiger partial charge is 0.437 e. The molecule has 1 aromatic rings. The molecule has 0 aromatic carbocycles. The average Bonchev–Trinajstić information content (AvgIpc) is 2.87. The molecule has 13 heavy (non-hydrogen) atoms. The Balaban J connectivity index is 2.04. The minimum absolute atomic E-state index is 0.0284. The molecule has 0 atom stereocenters. The third kappa shape index (κ3) is 1.09. The first-order valence-electron chi connectivity index (χ1n) is 4.58. The zero-order valence-corrected chi connectivity index (χ0v) is 7.17. The lowest BCUT2D eigenvalue weighted by Gasteiger charge is -2.07. The second-order valence-corrected chi connectivity index (χ2v) is 3.63. The molecule has 1 N–H and O–H groups in total. The Kier molecular flexibility index (Phi) is 1.35. The van der Waals surface area contributed by atoms with Gasteiger partial charge in [0.05, 0.1) is 6.54 Å². The number of hydrogen-bond donors (Lipinski definition) is 1. The zero-order valence-electron chi connectivity index (χ0n) is 7.17. The normalized spacial score (nSPS) is 21.7. The van der Waals surface area contributed by atoms with Crippen LogP contribution in [0.1, 0.15) is 40.9 Å². The Morgan fingerprint density at radius 3 is 2.92 bits per heavy atom. The summed E-state index contributed by atoms with van der Waals surface area (Å²) in [6.07, 6.45) is 2.31. The number of nitrogens with zero attached hydrogens (tertiary/aromatic N) is 1. The van der Waals surface area contributed by atoms with Crippen molar-refractivity contribution >= 4 is 5.78 Å². The third-order valence-electron chi connectivity index (χ3n) is 2.47. The maximum atomic E-state index is 11.3. The van der Waals surface area contributed by atoms with Crippen LogP contribution >= 0.6 is 0 Å². The van der Waals surface area contributed by atoms with Crippen LogP contribution in [-0.2, 0) is 6.54 Å². The van der Waals surface area contributed by atoms with Gasteiger partial charge < -0.3 is 9.73 Å². The van der Waals surface area contributed by atoms with E-state index in [9.17, 15) is 4.79 Å². The number of carbonyl (C=O) groups is 1. The highest BCUT2D eigenvalue weighted by molar-refractivity contribution is 5.96. The van der Waals surface area contributed by atoms with Gasteiger partial charge in [0.1, 0.15) is 5.69 Å². The molecule has 1 aliphatic carbocycles. The van der Waals surface area contributed by atoms with Gasteiger partial charge in [0.15, 0.2) is 11.7 Å². The molecule has 3 rings (SSSR count). The fraction of sp³-hybridized carbons (Fsp3) is 0.556. The molecule has 0 saturated heterocycles. The van der Waals surface area contributed by atoms with Gasteiger partial charge in [-0.1, -0.05) is 0 Å². The topological polar surface area (TPSA) is 55.1 Å². The van der Waals surface area contributed by atoms with Crippen molar-refractivity contribution in [1.29, 1.82) is 0 Å². The molecule has 4 heteroatoms. The van der Waals surface area contributed by atoms with Gasteiger partial charge in [-0.3, -0.25) is 4.79 Å². The van der Waals surface area contributed by atoms with Crippen LogP contribution in [0.4, 0.5) is 0 Å². The summed E-state index contributed by atoms with van der Waals surface area (Å²) < 4.78 is 5.44. The van der Waals surface area contributed by atoms with E-state index in [0.29, 0.717) is 24.8 Å². The summed E-state index contributed by atoms with van der Waals surface area (Å²) in [7, 11) is 0. The summed E-state index contributed by atoms with van der Waals surface area (Å²) in [5, 5.41) is 2.99. The number of oxazole rings is 1. The van der Waals surface area contributed by atoms with E-state index in [2.05, 4.69) is 10.3 Å². The second-order valence-electron chi connectivity index (χ2n) is 3.63. The first kappa shape index (κ1) is 7.26. The summed E-state index contributed by atoms with van der Waals surface area (Å²) >= 11 is 0. The van der Waals surface area contributed by atoms with Gasteiger partial charge >= 0.3 is 0 Å². The molecule has 68 valence electrons. The molecule has 0 unspecified atom stereocenters. The third-order valence-corrected chi connectivity index (χ3v) is 2.47. The smallest absolute Gasteiger partial charge is 0.213 e. The van der Waals surface area contributed by atoms with Crippen molar-refractivity contribution in [2.75, 3.05) is 6.54 Å². The number of nitrogens with one attached hydrogen (secondary N) is 1. The lowest BCUT2D eigenvalue weighted by Crippen LogP contribution is -2.29. The Morgan fingerprint density at radius 2 is 2.23 bits per heavy atom. The number of ketones is 1. The van der Waals surface area contributed by atoms with E-state index in [1.807, 2.05) is 0 Å². The molecule has 0 amide bonds. The molecule has 2 heterocycles. The standard InChI is InChI=1S/C9H10N2O2/c12-7-4-10-3-6-8(7)13-9(11-6)5-1-2-5/h5,10H,1-4H2. The highest BCUT2D eigenvalue weighted by atomic mass is 16.4. The van der Waals surface area contributed by atoms with Gasteiger partial charge in [-0.15, -0.1) is 0 Å². The van der Waals surface area contributed by atoms with E-state index >= 15 is 0 Å². The maximum Gasteiger partial charge on any atom is 0.213 e. The van der Waals surface area contributed by atoms with Gasteiger partial charge in [-0.25, -0.2) is 4.98 Å². The van der Waals surface area contributed by atoms with Crippen LogP contribution in [-0.4, -0.2) is 17.3 Å². The molecule has 1 fully saturated rings. The van der Waals surface area contributed by atoms with Crippen LogP contribution in [0, 0.1) is 0 Å². The minimum atomic E-state index is 0.0284. The van der Waals surface area contributed by atoms with Crippen LogP contribution < -0.4 is 5.32 Å². The van der Waals surface area contributed by atoms with Crippen molar-refractivity contribution in [1.82, 2.24) is 10.3 Å². The van der Waals surface area contributed by atoms with Crippen molar-refractivity contribution in [3.05, 3.63) is 17.3 Å². The van der Waals surface area contributed by atoms with E-state index < -0.39 is 0 Å². The van der Waals surface area contributed by atoms with E-state index in [0.717, 1.165) is 24.4 Å². The van der Waals surface area contributed by atoms with Gasteiger partial charge in [0, 0.05) is 12.5 Å². The predicted molar refractivity (Wildman–Crippen MR) is 44.5 cm³/mol. The summed E-state index contributed by atoms with van der Waals surface area (Å²) in [6.45, 7) is 1.05. The molecule has 1 aliphatic heterocycles. The van der Waals surface area contributed by atoms with Gasteiger partial charge in [0.2, 0.25) is 5.78 Å². The number of fused-ring (bicyclic) bond motifs is 1. The minimum Gasteiger partial charge on any atom is -0.437 e. The Labute approximate surface area is 75.3 Å². The summed E-state index contributed by atoms with van der Waals surface area (Å²) in [5.74, 6) is 1.77. The van der Waals surface area contributed by atoms with Crippen molar-refractivity contribution in [2.24, 2.45) is 0 Å². The Bertz CT molecular complexity index is 366. The number of rotatable bonds is 1. The van der Waals surface area contributed by atoms with E-state index in [1.54, 1.807) is 0 Å². The van der Waals surface area contributed by atoms with E-state index in [-0.39, 0.29) is 5.78 Å². The molecule has 4 nitrogen and oxygen atoms in total. The van der Waals surface area contributed by atoms with Crippen LogP contribution in [0.15, 0.2) is 4.42 Å². The van der Waals surface area contributed by atoms with E-state index in [4.69, 9.17) is 4.42 Å². The van der Waals surface area contributed by atoms with Gasteiger partial charge in [-0.2, -0.15) is 0 Å².